The van der Waals surface area contributed by atoms with Gasteiger partial charge in [0.25, 0.3) is 0 Å². The smallest absolute Gasteiger partial charge is 0.0506 e. The molecule has 1 aliphatic carbocycles. The molecule has 1 aliphatic heterocycles. The molecule has 0 aromatic heterocycles. The van der Waals surface area contributed by atoms with Crippen molar-refractivity contribution in [1.82, 2.24) is 0 Å². The van der Waals surface area contributed by atoms with Crippen molar-refractivity contribution in [3.8, 4) is 0 Å². The van der Waals surface area contributed by atoms with E-state index in [1.54, 1.807) is 0 Å². The Morgan fingerprint density at radius 1 is 1.41 bits per heavy atom. The van der Waals surface area contributed by atoms with Crippen LogP contribution in [0.2, 0.25) is 0 Å². The molecule has 0 saturated carbocycles. The monoisotopic (exact) mass is 479 g/mol. The van der Waals surface area contributed by atoms with E-state index in [0.29, 0.717) is 24.2 Å². The summed E-state index contributed by atoms with van der Waals surface area (Å²) in [5, 5.41) is 4.31. The normalized spacial score (nSPS) is 39.4. The Hall–Kier alpha value is 1.00. The van der Waals surface area contributed by atoms with Crippen molar-refractivity contribution in [3.63, 3.8) is 0 Å². The fraction of sp³-hybridized carbons (Fsp3) is 0.769. The minimum Gasteiger partial charge on any atom is -0.647 e. The van der Waals surface area contributed by atoms with Gasteiger partial charge in [0.05, 0.1) is 5.91 Å². The molecule has 17 heavy (non-hydrogen) atoms. The number of β-lactam (4-membered cyclic amide) rings is 1. The number of allylic oxidation sites excluding steroid dienone is 1. The number of carbonyl (C=O) groups is 1. The molecule has 2 nitrogen and oxygen atoms in total. The molecule has 0 aromatic carbocycles. The van der Waals surface area contributed by atoms with Crippen LogP contribution in [-0.2, 0) is 58.6 Å². The van der Waals surface area contributed by atoms with Crippen LogP contribution in [0.25, 0.3) is 5.32 Å². The Morgan fingerprint density at radius 3 is 2.35 bits per heavy atom. The molecular formula is C13H20NOWY-. The summed E-state index contributed by atoms with van der Waals surface area (Å²) in [5.41, 5.74) is 1.48. The summed E-state index contributed by atoms with van der Waals surface area (Å²) >= 11 is 0. The molecule has 0 bridgehead atoms. The molecule has 4 atom stereocenters. The van der Waals surface area contributed by atoms with Crippen molar-refractivity contribution < 1.29 is 58.6 Å². The van der Waals surface area contributed by atoms with Gasteiger partial charge in [0, 0.05) is 53.8 Å². The van der Waals surface area contributed by atoms with E-state index in [9.17, 15) is 4.79 Å². The zero-order valence-corrected chi connectivity index (χ0v) is 16.8. The number of hydrogen-bond donors (Lipinski definition) is 0. The van der Waals surface area contributed by atoms with E-state index < -0.39 is 0 Å². The fourth-order valence-electron chi connectivity index (χ4n) is 3.21. The molecular weight excluding hydrogens is 459 g/mol. The maximum atomic E-state index is 11.1. The van der Waals surface area contributed by atoms with Gasteiger partial charge in [-0.15, -0.1) is 0 Å². The van der Waals surface area contributed by atoms with E-state index in [1.165, 1.54) is 5.57 Å². The van der Waals surface area contributed by atoms with Gasteiger partial charge in [-0.3, -0.25) is 0 Å². The van der Waals surface area contributed by atoms with Crippen molar-refractivity contribution in [2.75, 3.05) is 0 Å². The van der Waals surface area contributed by atoms with E-state index in [2.05, 4.69) is 39.1 Å². The Kier molecular flexibility index (Phi) is 6.82. The zero-order valence-electron chi connectivity index (χ0n) is 11.1. The number of carbonyl (C=O) groups excluding carboxylic acids is 1. The first-order valence-electron chi connectivity index (χ1n) is 5.97. The van der Waals surface area contributed by atoms with Gasteiger partial charge in [-0.1, -0.05) is 44.9 Å². The van der Waals surface area contributed by atoms with Crippen LogP contribution in [0.1, 0.15) is 40.5 Å². The summed E-state index contributed by atoms with van der Waals surface area (Å²) in [7, 11) is 0. The number of rotatable bonds is 1. The van der Waals surface area contributed by atoms with E-state index in [1.807, 2.05) is 0 Å². The summed E-state index contributed by atoms with van der Waals surface area (Å²) in [4.78, 5) is 11.1. The molecule has 4 heteroatoms. The van der Waals surface area contributed by atoms with Crippen molar-refractivity contribution >= 4 is 5.91 Å². The quantitative estimate of drug-likeness (QED) is 0.420. The van der Waals surface area contributed by atoms with Crippen LogP contribution in [0.15, 0.2) is 11.6 Å². The van der Waals surface area contributed by atoms with Crippen LogP contribution in [0.5, 0.6) is 0 Å². The predicted octanol–water partition coefficient (Wildman–Crippen LogP) is 3.28. The first kappa shape index (κ1) is 18.0. The predicted molar refractivity (Wildman–Crippen MR) is 61.6 cm³/mol. The van der Waals surface area contributed by atoms with Gasteiger partial charge in [-0.25, -0.2) is 0 Å². The van der Waals surface area contributed by atoms with E-state index in [0.717, 1.165) is 6.42 Å². The third-order valence-electron chi connectivity index (χ3n) is 4.55. The topological polar surface area (TPSA) is 31.2 Å². The third-order valence-corrected chi connectivity index (χ3v) is 4.55. The number of amides is 1. The zero-order chi connectivity index (χ0) is 11.2. The molecule has 2 rings (SSSR count). The number of hydrogen-bond acceptors (Lipinski definition) is 1. The second kappa shape index (κ2) is 6.44. The van der Waals surface area contributed by atoms with Crippen LogP contribution in [0, 0.1) is 17.8 Å². The Morgan fingerprint density at radius 2 is 1.94 bits per heavy atom. The molecule has 1 fully saturated rings. The average Bonchev–Trinajstić information content (AvgIpc) is 2.16. The van der Waals surface area contributed by atoms with Crippen LogP contribution >= 0.6 is 0 Å². The van der Waals surface area contributed by atoms with Gasteiger partial charge in [0.1, 0.15) is 0 Å². The van der Waals surface area contributed by atoms with Gasteiger partial charge in [-0.05, 0) is 30.6 Å². The summed E-state index contributed by atoms with van der Waals surface area (Å²) in [6, 6.07) is 0. The van der Waals surface area contributed by atoms with Gasteiger partial charge >= 0.3 is 0 Å². The minimum atomic E-state index is -0.0603. The van der Waals surface area contributed by atoms with E-state index in [-0.39, 0.29) is 65.2 Å². The molecule has 0 N–H and O–H groups in total. The van der Waals surface area contributed by atoms with E-state index in [4.69, 9.17) is 0 Å². The molecule has 93 valence electrons. The van der Waals surface area contributed by atoms with Gasteiger partial charge < -0.3 is 10.1 Å². The van der Waals surface area contributed by atoms with Gasteiger partial charge in [0.15, 0.2) is 0 Å². The Labute approximate surface area is 144 Å². The van der Waals surface area contributed by atoms with E-state index >= 15 is 0 Å². The Balaban J connectivity index is 0.00000128. The van der Waals surface area contributed by atoms with Crippen LogP contribution < -0.4 is 0 Å². The molecule has 4 unspecified atom stereocenters. The number of nitrogens with zero attached hydrogens (tertiary/aromatic N) is 1. The molecule has 1 radical (unpaired) electrons. The van der Waals surface area contributed by atoms with Crippen molar-refractivity contribution in [1.29, 1.82) is 0 Å². The minimum absolute atomic E-state index is 0. The second-order valence-corrected chi connectivity index (χ2v) is 5.13. The van der Waals surface area contributed by atoms with Crippen LogP contribution in [-0.4, -0.2) is 11.4 Å². The standard InChI is InChI=1S/C13H21NO.W.Y/c1-5-11-6-8(2)13(7-12(15)14-13)10(4)9(11)3;;/h6,8-10H,5,7H2,1-4H3,(H,14,15);;/p-1. The summed E-state index contributed by atoms with van der Waals surface area (Å²) < 4.78 is 0. The first-order valence-corrected chi connectivity index (χ1v) is 5.97. The SMILES string of the molecule is CCC1=CC(C)C2(CC(=O)[N-]2)C(C)C1C.[W].[Y]. The van der Waals surface area contributed by atoms with Crippen molar-refractivity contribution in [3.05, 3.63) is 17.0 Å². The maximum Gasteiger partial charge on any atom is 0.0506 e. The summed E-state index contributed by atoms with van der Waals surface area (Å²) in [6.45, 7) is 8.93. The first-order chi connectivity index (χ1) is 7.01. The van der Waals surface area contributed by atoms with Gasteiger partial charge in [-0.2, -0.15) is 0 Å². The molecule has 0 aromatic rings. The van der Waals surface area contributed by atoms with Crippen LogP contribution in [0.4, 0.5) is 0 Å². The molecule has 1 saturated heterocycles. The Bertz CT molecular complexity index is 321. The summed E-state index contributed by atoms with van der Waals surface area (Å²) in [5.74, 6) is 1.60. The molecule has 2 aliphatic rings. The fourth-order valence-corrected chi connectivity index (χ4v) is 3.21. The van der Waals surface area contributed by atoms with Crippen molar-refractivity contribution in [2.24, 2.45) is 17.8 Å². The molecule has 1 amide bonds. The summed E-state index contributed by atoms with van der Waals surface area (Å²) in [6.07, 6.45) is 4.13. The third kappa shape index (κ3) is 2.79. The second-order valence-electron chi connectivity index (χ2n) is 5.13. The molecule has 1 heterocycles. The largest absolute Gasteiger partial charge is 0.647 e. The van der Waals surface area contributed by atoms with Crippen molar-refractivity contribution in [2.45, 2.75) is 46.1 Å². The maximum absolute atomic E-state index is 11.1. The van der Waals surface area contributed by atoms with Crippen LogP contribution in [0.3, 0.4) is 0 Å². The van der Waals surface area contributed by atoms with Gasteiger partial charge in [0.2, 0.25) is 0 Å². The molecule has 1 spiro atoms. The average molecular weight is 479 g/mol.